The number of amides is 4. The zero-order valence-corrected chi connectivity index (χ0v) is 14.6. The van der Waals surface area contributed by atoms with Gasteiger partial charge >= 0.3 is 0 Å². The highest BCUT2D eigenvalue weighted by molar-refractivity contribution is 8.14. The Labute approximate surface area is 148 Å². The van der Waals surface area contributed by atoms with E-state index in [9.17, 15) is 19.2 Å². The maximum atomic E-state index is 12.0. The van der Waals surface area contributed by atoms with Crippen molar-refractivity contribution in [3.8, 4) is 0 Å². The minimum atomic E-state index is -1.33. The summed E-state index contributed by atoms with van der Waals surface area (Å²) in [6.07, 6.45) is 0. The number of nitrogens with one attached hydrogen (secondary N) is 3. The van der Waals surface area contributed by atoms with Crippen molar-refractivity contribution in [3.05, 3.63) is 35.9 Å². The van der Waals surface area contributed by atoms with Gasteiger partial charge in [0.15, 0.2) is 11.2 Å². The van der Waals surface area contributed by atoms with E-state index in [1.807, 2.05) is 37.3 Å². The van der Waals surface area contributed by atoms with Crippen LogP contribution in [0.3, 0.4) is 0 Å². The topological polar surface area (TPSA) is 117 Å². The molecular weight excluding hydrogens is 344 g/mol. The van der Waals surface area contributed by atoms with Crippen molar-refractivity contribution in [2.75, 3.05) is 5.75 Å². The number of carbonyl (C=O) groups is 4. The van der Waals surface area contributed by atoms with Crippen LogP contribution in [0.2, 0.25) is 0 Å². The summed E-state index contributed by atoms with van der Waals surface area (Å²) in [5.74, 6) is -2.20. The number of aliphatic imine (C=N–C) groups is 1. The molecule has 0 unspecified atom stereocenters. The van der Waals surface area contributed by atoms with Gasteiger partial charge in [-0.05, 0) is 12.5 Å². The first-order valence-corrected chi connectivity index (χ1v) is 8.53. The van der Waals surface area contributed by atoms with Gasteiger partial charge in [0.05, 0.1) is 11.8 Å². The molecule has 1 aliphatic heterocycles. The SMILES string of the molecule is CC(=O)N[C@@H]1C(=O)N=C(SCC(=O)N[C@@H](C)c2ccccc2)NC1=O. The third-order valence-corrected chi connectivity index (χ3v) is 4.19. The van der Waals surface area contributed by atoms with E-state index in [1.165, 1.54) is 6.92 Å². The summed E-state index contributed by atoms with van der Waals surface area (Å²) in [7, 11) is 0. The fourth-order valence-corrected chi connectivity index (χ4v) is 2.80. The van der Waals surface area contributed by atoms with Crippen molar-refractivity contribution >= 4 is 40.6 Å². The third kappa shape index (κ3) is 5.42. The number of amidine groups is 1. The van der Waals surface area contributed by atoms with Crippen LogP contribution in [0.15, 0.2) is 35.3 Å². The van der Waals surface area contributed by atoms with Crippen LogP contribution in [-0.4, -0.2) is 40.6 Å². The molecule has 1 aliphatic rings. The highest BCUT2D eigenvalue weighted by Crippen LogP contribution is 2.12. The summed E-state index contributed by atoms with van der Waals surface area (Å²) in [5, 5.41) is 7.48. The van der Waals surface area contributed by atoms with Crippen LogP contribution in [0.1, 0.15) is 25.5 Å². The predicted molar refractivity (Wildman–Crippen MR) is 93.6 cm³/mol. The molecule has 8 nitrogen and oxygen atoms in total. The number of rotatable bonds is 5. The number of thioether (sulfide) groups is 1. The van der Waals surface area contributed by atoms with Gasteiger partial charge in [-0.2, -0.15) is 4.99 Å². The molecule has 0 saturated heterocycles. The molecule has 0 bridgehead atoms. The summed E-state index contributed by atoms with van der Waals surface area (Å²) < 4.78 is 0. The number of nitrogens with zero attached hydrogens (tertiary/aromatic N) is 1. The molecule has 2 atom stereocenters. The minimum absolute atomic E-state index is 0.00558. The lowest BCUT2D eigenvalue weighted by Gasteiger charge is -2.20. The first kappa shape index (κ1) is 18.7. The second-order valence-electron chi connectivity index (χ2n) is 5.37. The lowest BCUT2D eigenvalue weighted by Crippen LogP contribution is -2.55. The zero-order chi connectivity index (χ0) is 18.4. The van der Waals surface area contributed by atoms with Crippen LogP contribution in [0.25, 0.3) is 0 Å². The second-order valence-corrected chi connectivity index (χ2v) is 6.33. The van der Waals surface area contributed by atoms with Gasteiger partial charge < -0.3 is 16.0 Å². The molecule has 0 aliphatic carbocycles. The summed E-state index contributed by atoms with van der Waals surface area (Å²) >= 11 is 0.944. The normalized spacial score (nSPS) is 18.0. The number of carbonyl (C=O) groups excluding carboxylic acids is 4. The number of benzene rings is 1. The average molecular weight is 362 g/mol. The molecule has 3 N–H and O–H groups in total. The Bertz CT molecular complexity index is 720. The Balaban J connectivity index is 1.86. The Morgan fingerprint density at radius 1 is 1.28 bits per heavy atom. The molecule has 9 heteroatoms. The largest absolute Gasteiger partial charge is 0.349 e. The van der Waals surface area contributed by atoms with Crippen LogP contribution in [0.5, 0.6) is 0 Å². The van der Waals surface area contributed by atoms with Gasteiger partial charge in [0, 0.05) is 6.92 Å². The molecule has 0 radical (unpaired) electrons. The highest BCUT2D eigenvalue weighted by Gasteiger charge is 2.32. The Kier molecular flexibility index (Phi) is 6.29. The fourth-order valence-electron chi connectivity index (χ4n) is 2.12. The highest BCUT2D eigenvalue weighted by atomic mass is 32.2. The number of hydrogen-bond donors (Lipinski definition) is 3. The van der Waals surface area contributed by atoms with Gasteiger partial charge in [-0.3, -0.25) is 19.2 Å². The Hall–Kier alpha value is -2.68. The maximum absolute atomic E-state index is 12.0. The van der Waals surface area contributed by atoms with E-state index < -0.39 is 23.8 Å². The van der Waals surface area contributed by atoms with Crippen LogP contribution >= 0.6 is 11.8 Å². The van der Waals surface area contributed by atoms with Gasteiger partial charge in [0.25, 0.3) is 11.8 Å². The predicted octanol–water partition coefficient (Wildman–Crippen LogP) is 0.114. The molecule has 132 valence electrons. The van der Waals surface area contributed by atoms with Crippen molar-refractivity contribution in [3.63, 3.8) is 0 Å². The van der Waals surface area contributed by atoms with E-state index in [2.05, 4.69) is 20.9 Å². The number of hydrogen-bond acceptors (Lipinski definition) is 5. The van der Waals surface area contributed by atoms with Crippen LogP contribution in [0, 0.1) is 0 Å². The molecule has 0 fully saturated rings. The lowest BCUT2D eigenvalue weighted by atomic mass is 10.1. The van der Waals surface area contributed by atoms with E-state index in [4.69, 9.17) is 0 Å². The summed E-state index contributed by atoms with van der Waals surface area (Å²) in [5.41, 5.74) is 0.970. The van der Waals surface area contributed by atoms with Crippen LogP contribution in [0.4, 0.5) is 0 Å². The smallest absolute Gasteiger partial charge is 0.280 e. The molecule has 2 rings (SSSR count). The zero-order valence-electron chi connectivity index (χ0n) is 13.7. The van der Waals surface area contributed by atoms with Gasteiger partial charge in [-0.25, -0.2) is 0 Å². The Morgan fingerprint density at radius 3 is 2.56 bits per heavy atom. The molecule has 1 heterocycles. The summed E-state index contributed by atoms with van der Waals surface area (Å²) in [6.45, 7) is 3.06. The van der Waals surface area contributed by atoms with E-state index in [-0.39, 0.29) is 22.9 Å². The van der Waals surface area contributed by atoms with Gasteiger partial charge in [-0.15, -0.1) is 0 Å². The van der Waals surface area contributed by atoms with E-state index in [0.29, 0.717) is 0 Å². The van der Waals surface area contributed by atoms with E-state index >= 15 is 0 Å². The van der Waals surface area contributed by atoms with Crippen molar-refractivity contribution in [1.82, 2.24) is 16.0 Å². The standard InChI is InChI=1S/C16H18N4O4S/c1-9(11-6-4-3-5-7-11)17-12(22)8-25-16-19-14(23)13(15(24)20-16)18-10(2)21/h3-7,9,13H,8H2,1-2H3,(H,17,22)(H,18,21)(H,19,20,23,24)/t9-/m0/s1. The molecule has 1 aromatic rings. The van der Waals surface area contributed by atoms with Crippen LogP contribution in [-0.2, 0) is 19.2 Å². The second kappa shape index (κ2) is 8.43. The molecule has 0 spiro atoms. The van der Waals surface area contributed by atoms with Gasteiger partial charge in [0.1, 0.15) is 0 Å². The summed E-state index contributed by atoms with van der Waals surface area (Å²) in [6, 6.07) is 7.99. The van der Waals surface area contributed by atoms with Crippen molar-refractivity contribution in [2.24, 2.45) is 4.99 Å². The fraction of sp³-hybridized carbons (Fsp3) is 0.312. The molecule has 25 heavy (non-hydrogen) atoms. The van der Waals surface area contributed by atoms with Crippen molar-refractivity contribution < 1.29 is 19.2 Å². The van der Waals surface area contributed by atoms with Crippen LogP contribution < -0.4 is 16.0 Å². The quantitative estimate of drug-likeness (QED) is 0.643. The van der Waals surface area contributed by atoms with Gasteiger partial charge in [-0.1, -0.05) is 42.1 Å². The van der Waals surface area contributed by atoms with Gasteiger partial charge in [0.2, 0.25) is 11.8 Å². The minimum Gasteiger partial charge on any atom is -0.349 e. The summed E-state index contributed by atoms with van der Waals surface area (Å²) in [4.78, 5) is 50.3. The monoisotopic (exact) mass is 362 g/mol. The van der Waals surface area contributed by atoms with Crippen molar-refractivity contribution in [1.29, 1.82) is 0 Å². The molecule has 4 amide bonds. The maximum Gasteiger partial charge on any atom is 0.280 e. The lowest BCUT2D eigenvalue weighted by molar-refractivity contribution is -0.134. The molecule has 0 aromatic heterocycles. The van der Waals surface area contributed by atoms with E-state index in [0.717, 1.165) is 17.3 Å². The van der Waals surface area contributed by atoms with E-state index in [1.54, 1.807) is 0 Å². The molecule has 1 aromatic carbocycles. The molecular formula is C16H18N4O4S. The first-order valence-electron chi connectivity index (χ1n) is 7.54. The first-order chi connectivity index (χ1) is 11.9. The third-order valence-electron chi connectivity index (χ3n) is 3.32. The Morgan fingerprint density at radius 2 is 1.96 bits per heavy atom. The van der Waals surface area contributed by atoms with Crippen molar-refractivity contribution in [2.45, 2.75) is 25.9 Å². The average Bonchev–Trinajstić information content (AvgIpc) is 2.57. The molecule has 0 saturated carbocycles.